The fourth-order valence-corrected chi connectivity index (χ4v) is 3.36. The number of sulfonamides is 1. The monoisotopic (exact) mass is 302 g/mol. The van der Waals surface area contributed by atoms with Crippen LogP contribution in [-0.4, -0.2) is 13.4 Å². The normalized spacial score (nSPS) is 13.4. The molecule has 0 fully saturated rings. The van der Waals surface area contributed by atoms with Crippen molar-refractivity contribution in [2.24, 2.45) is 0 Å². The molecule has 0 aliphatic rings. The maximum Gasteiger partial charge on any atom is 0.241 e. The highest BCUT2D eigenvalue weighted by atomic mass is 32.2. The van der Waals surface area contributed by atoms with Crippen LogP contribution in [0.15, 0.2) is 64.2 Å². The van der Waals surface area contributed by atoms with Crippen LogP contribution in [-0.2, 0) is 10.0 Å². The molecule has 108 valence electrons. The fourth-order valence-electron chi connectivity index (χ4n) is 2.11. The van der Waals surface area contributed by atoms with E-state index in [4.69, 9.17) is 4.42 Å². The second-order valence-electron chi connectivity index (χ2n) is 4.74. The molecule has 0 saturated heterocycles. The fraction of sp³-hybridized carbons (Fsp3) is 0.133. The minimum Gasteiger partial charge on any atom is -0.443 e. The lowest BCUT2D eigenvalue weighted by Gasteiger charge is -2.14. The van der Waals surface area contributed by atoms with E-state index in [1.807, 2.05) is 30.3 Å². The lowest BCUT2D eigenvalue weighted by atomic mass is 10.1. The second-order valence-corrected chi connectivity index (χ2v) is 6.45. The summed E-state index contributed by atoms with van der Waals surface area (Å²) >= 11 is 0. The van der Waals surface area contributed by atoms with Crippen molar-refractivity contribution in [3.8, 4) is 0 Å². The van der Waals surface area contributed by atoms with Crippen molar-refractivity contribution in [1.82, 2.24) is 9.71 Å². The molecule has 21 heavy (non-hydrogen) atoms. The lowest BCUT2D eigenvalue weighted by Crippen LogP contribution is -2.26. The molecule has 1 N–H and O–H groups in total. The van der Waals surface area contributed by atoms with Gasteiger partial charge in [-0.25, -0.2) is 18.1 Å². The van der Waals surface area contributed by atoms with Crippen molar-refractivity contribution in [2.75, 3.05) is 0 Å². The minimum absolute atomic E-state index is 0.162. The van der Waals surface area contributed by atoms with Crippen molar-refractivity contribution >= 4 is 21.1 Å². The molecule has 1 aromatic heterocycles. The third kappa shape index (κ3) is 2.81. The number of rotatable bonds is 4. The lowest BCUT2D eigenvalue weighted by molar-refractivity contribution is 0.566. The number of hydrogen-bond acceptors (Lipinski definition) is 4. The summed E-state index contributed by atoms with van der Waals surface area (Å²) in [4.78, 5) is 4.13. The number of oxazole rings is 1. The summed E-state index contributed by atoms with van der Waals surface area (Å²) in [7, 11) is -3.61. The molecule has 0 aliphatic carbocycles. The molecule has 2 aromatic carbocycles. The van der Waals surface area contributed by atoms with Crippen molar-refractivity contribution in [2.45, 2.75) is 17.9 Å². The molecule has 3 aromatic rings. The van der Waals surface area contributed by atoms with E-state index in [2.05, 4.69) is 9.71 Å². The van der Waals surface area contributed by atoms with Crippen LogP contribution in [0.4, 0.5) is 0 Å². The van der Waals surface area contributed by atoms with E-state index in [1.165, 1.54) is 18.5 Å². The predicted molar refractivity (Wildman–Crippen MR) is 79.2 cm³/mol. The molecule has 5 nitrogen and oxygen atoms in total. The number of fused-ring (bicyclic) bond motifs is 1. The maximum absolute atomic E-state index is 12.4. The summed E-state index contributed by atoms with van der Waals surface area (Å²) in [6, 6.07) is 13.7. The van der Waals surface area contributed by atoms with Crippen LogP contribution < -0.4 is 4.72 Å². The summed E-state index contributed by atoms with van der Waals surface area (Å²) < 4.78 is 32.6. The number of benzene rings is 2. The number of aromatic nitrogens is 1. The smallest absolute Gasteiger partial charge is 0.241 e. The van der Waals surface area contributed by atoms with Gasteiger partial charge in [0.15, 0.2) is 12.0 Å². The van der Waals surface area contributed by atoms with E-state index in [-0.39, 0.29) is 10.9 Å². The number of hydrogen-bond donors (Lipinski definition) is 1. The van der Waals surface area contributed by atoms with Crippen LogP contribution in [0.1, 0.15) is 18.5 Å². The van der Waals surface area contributed by atoms with Gasteiger partial charge in [0.25, 0.3) is 0 Å². The summed E-state index contributed by atoms with van der Waals surface area (Å²) in [6.07, 6.45) is 1.29. The van der Waals surface area contributed by atoms with Crippen molar-refractivity contribution in [3.63, 3.8) is 0 Å². The van der Waals surface area contributed by atoms with Gasteiger partial charge in [0.1, 0.15) is 5.52 Å². The molecule has 1 heterocycles. The van der Waals surface area contributed by atoms with Gasteiger partial charge in [-0.1, -0.05) is 30.3 Å². The number of nitrogens with one attached hydrogen (secondary N) is 1. The van der Waals surface area contributed by atoms with E-state index < -0.39 is 10.0 Å². The van der Waals surface area contributed by atoms with Gasteiger partial charge in [-0.3, -0.25) is 0 Å². The molecule has 6 heteroatoms. The van der Waals surface area contributed by atoms with Crippen LogP contribution >= 0.6 is 0 Å². The summed E-state index contributed by atoms with van der Waals surface area (Å²) in [5.41, 5.74) is 1.98. The van der Waals surface area contributed by atoms with Gasteiger partial charge >= 0.3 is 0 Å². The predicted octanol–water partition coefficient (Wildman–Crippen LogP) is 2.87. The van der Waals surface area contributed by atoms with Gasteiger partial charge < -0.3 is 4.42 Å². The Morgan fingerprint density at radius 3 is 2.67 bits per heavy atom. The summed E-state index contributed by atoms with van der Waals surface area (Å²) in [5.74, 6) is 0. The molecule has 0 aliphatic heterocycles. The summed E-state index contributed by atoms with van der Waals surface area (Å²) in [5, 5.41) is 0. The van der Waals surface area contributed by atoms with E-state index in [0.29, 0.717) is 11.1 Å². The Bertz CT molecular complexity index is 857. The maximum atomic E-state index is 12.4. The van der Waals surface area contributed by atoms with Crippen LogP contribution in [0.5, 0.6) is 0 Å². The number of nitrogens with zero attached hydrogens (tertiary/aromatic N) is 1. The molecule has 1 unspecified atom stereocenters. The minimum atomic E-state index is -3.61. The molecule has 1 atom stereocenters. The van der Waals surface area contributed by atoms with Gasteiger partial charge in [0.2, 0.25) is 10.0 Å². The molecule has 3 rings (SSSR count). The molecular formula is C15H14N2O3S. The first-order valence-corrected chi connectivity index (χ1v) is 7.95. The quantitative estimate of drug-likeness (QED) is 0.804. The summed E-state index contributed by atoms with van der Waals surface area (Å²) in [6.45, 7) is 1.81. The Morgan fingerprint density at radius 1 is 1.14 bits per heavy atom. The molecule has 0 saturated carbocycles. The zero-order valence-electron chi connectivity index (χ0n) is 11.4. The van der Waals surface area contributed by atoms with E-state index >= 15 is 0 Å². The molecule has 0 spiro atoms. The zero-order valence-corrected chi connectivity index (χ0v) is 12.2. The third-order valence-electron chi connectivity index (χ3n) is 3.24. The highest BCUT2D eigenvalue weighted by Gasteiger charge is 2.19. The highest BCUT2D eigenvalue weighted by molar-refractivity contribution is 7.89. The van der Waals surface area contributed by atoms with Crippen molar-refractivity contribution in [3.05, 3.63) is 60.5 Å². The average molecular weight is 302 g/mol. The van der Waals surface area contributed by atoms with E-state index in [1.54, 1.807) is 13.0 Å². The third-order valence-corrected chi connectivity index (χ3v) is 4.78. The van der Waals surface area contributed by atoms with Crippen LogP contribution in [0, 0.1) is 0 Å². The van der Waals surface area contributed by atoms with Crippen LogP contribution in [0.3, 0.4) is 0 Å². The van der Waals surface area contributed by atoms with Gasteiger partial charge in [0.05, 0.1) is 4.90 Å². The topological polar surface area (TPSA) is 72.2 Å². The molecule has 0 amide bonds. The SMILES string of the molecule is CC(NS(=O)(=O)c1ccc2ncoc2c1)c1ccccc1. The van der Waals surface area contributed by atoms with Crippen LogP contribution in [0.25, 0.3) is 11.1 Å². The Labute approximate surface area is 122 Å². The first-order valence-electron chi connectivity index (χ1n) is 6.47. The Morgan fingerprint density at radius 2 is 1.90 bits per heavy atom. The first-order chi connectivity index (χ1) is 10.1. The van der Waals surface area contributed by atoms with E-state index in [0.717, 1.165) is 5.56 Å². The first kappa shape index (κ1) is 13.8. The van der Waals surface area contributed by atoms with Gasteiger partial charge in [0, 0.05) is 12.1 Å². The Balaban J connectivity index is 1.89. The van der Waals surface area contributed by atoms with Crippen molar-refractivity contribution < 1.29 is 12.8 Å². The highest BCUT2D eigenvalue weighted by Crippen LogP contribution is 2.20. The van der Waals surface area contributed by atoms with Gasteiger partial charge in [-0.15, -0.1) is 0 Å². The Kier molecular flexibility index (Phi) is 3.48. The molecular weight excluding hydrogens is 288 g/mol. The van der Waals surface area contributed by atoms with Crippen LogP contribution in [0.2, 0.25) is 0 Å². The standard InChI is InChI=1S/C15H14N2O3S/c1-11(12-5-3-2-4-6-12)17-21(18,19)13-7-8-14-15(9-13)20-10-16-14/h2-11,17H,1H3. The average Bonchev–Trinajstić information content (AvgIpc) is 2.95. The van der Waals surface area contributed by atoms with E-state index in [9.17, 15) is 8.42 Å². The zero-order chi connectivity index (χ0) is 14.9. The largest absolute Gasteiger partial charge is 0.443 e. The molecule has 0 bridgehead atoms. The van der Waals surface area contributed by atoms with Gasteiger partial charge in [-0.05, 0) is 24.6 Å². The van der Waals surface area contributed by atoms with Crippen molar-refractivity contribution in [1.29, 1.82) is 0 Å². The molecule has 0 radical (unpaired) electrons. The van der Waals surface area contributed by atoms with Gasteiger partial charge in [-0.2, -0.15) is 0 Å². The second kappa shape index (κ2) is 5.31. The Hall–Kier alpha value is -2.18.